The van der Waals surface area contributed by atoms with Crippen molar-refractivity contribution in [2.24, 2.45) is 4.99 Å². The Morgan fingerprint density at radius 2 is 2.67 bits per heavy atom. The van der Waals surface area contributed by atoms with Crippen molar-refractivity contribution in [3.05, 3.63) is 0 Å². The summed E-state index contributed by atoms with van der Waals surface area (Å²) in [6, 6.07) is 0. The van der Waals surface area contributed by atoms with E-state index in [1.54, 1.807) is 5.55 Å². The second kappa shape index (κ2) is 3.12. The first-order valence-corrected chi connectivity index (χ1v) is 4.28. The van der Waals surface area contributed by atoms with Crippen molar-refractivity contribution in [2.75, 3.05) is 5.88 Å². The number of thioether (sulfide) groups is 2. The van der Waals surface area contributed by atoms with Crippen LogP contribution in [0.4, 0.5) is 0 Å². The molecule has 9 heavy (non-hydrogen) atoms. The van der Waals surface area contributed by atoms with E-state index >= 15 is 0 Å². The fourth-order valence-corrected chi connectivity index (χ4v) is 1.97. The van der Waals surface area contributed by atoms with Crippen LogP contribution in [0, 0.1) is 0 Å². The van der Waals surface area contributed by atoms with E-state index < -0.39 is 5.97 Å². The summed E-state index contributed by atoms with van der Waals surface area (Å²) in [5.74, 6) is -0.194. The highest BCUT2D eigenvalue weighted by atomic mass is 32.2. The predicted octanol–water partition coefficient (Wildman–Crippen LogP) is 0.863. The number of aliphatic imine (C=N–C) groups is 1. The molecule has 1 aliphatic heterocycles. The average Bonchev–Trinajstić information content (AvgIpc) is 1.90. The summed E-state index contributed by atoms with van der Waals surface area (Å²) in [5.41, 5.74) is 1.59. The number of hydrogen-bond acceptors (Lipinski definition) is 4. The van der Waals surface area contributed by atoms with Gasteiger partial charge in [-0.05, 0) is 0 Å². The zero-order valence-corrected chi connectivity index (χ0v) is 6.11. The zero-order valence-electron chi connectivity index (χ0n) is 4.48. The molecular formula is C4H5NO2S2. The Morgan fingerprint density at radius 1 is 1.89 bits per heavy atom. The summed E-state index contributed by atoms with van der Waals surface area (Å²) >= 11 is 2.58. The topological polar surface area (TPSA) is 49.7 Å². The third kappa shape index (κ3) is 1.91. The van der Waals surface area contributed by atoms with Crippen LogP contribution in [0.15, 0.2) is 4.99 Å². The van der Waals surface area contributed by atoms with Gasteiger partial charge in [-0.25, -0.2) is 0 Å². The van der Waals surface area contributed by atoms with Gasteiger partial charge in [-0.15, -0.1) is 11.8 Å². The third-order valence-electron chi connectivity index (χ3n) is 0.761. The number of carboxylic acids is 1. The molecule has 1 atom stereocenters. The molecule has 0 spiro atoms. The van der Waals surface area contributed by atoms with Gasteiger partial charge < -0.3 is 5.11 Å². The normalized spacial score (nSPS) is 26.0. The standard InChI is InChI=1S/C4H5NO2S2/c6-3(7)4-8-1-5-2-9-4/h1,4H,2H2,(H,6,7). The van der Waals surface area contributed by atoms with Crippen LogP contribution in [0.5, 0.6) is 0 Å². The Labute approximate surface area is 60.9 Å². The molecule has 0 aromatic heterocycles. The van der Waals surface area contributed by atoms with E-state index in [4.69, 9.17) is 5.11 Å². The minimum absolute atomic E-state index is 0.345. The quantitative estimate of drug-likeness (QED) is 0.623. The first-order valence-electron chi connectivity index (χ1n) is 2.29. The van der Waals surface area contributed by atoms with Crippen molar-refractivity contribution in [2.45, 2.75) is 4.58 Å². The number of aliphatic carboxylic acids is 1. The van der Waals surface area contributed by atoms with E-state index in [0.29, 0.717) is 5.88 Å². The fourth-order valence-electron chi connectivity index (χ4n) is 0.408. The maximum absolute atomic E-state index is 10.3. The Hall–Kier alpha value is -0.160. The summed E-state index contributed by atoms with van der Waals surface area (Å²) in [4.78, 5) is 14.1. The summed E-state index contributed by atoms with van der Waals surface area (Å²) in [5, 5.41) is 8.43. The lowest BCUT2D eigenvalue weighted by atomic mass is 10.8. The highest BCUT2D eigenvalue weighted by molar-refractivity contribution is 8.25. The molecule has 1 aliphatic rings. The smallest absolute Gasteiger partial charge is 0.327 e. The van der Waals surface area contributed by atoms with E-state index in [1.165, 1.54) is 23.5 Å². The number of hydrogen-bond donors (Lipinski definition) is 1. The number of rotatable bonds is 1. The Balaban J connectivity index is 2.44. The lowest BCUT2D eigenvalue weighted by Crippen LogP contribution is -2.14. The highest BCUT2D eigenvalue weighted by Gasteiger charge is 2.18. The van der Waals surface area contributed by atoms with E-state index in [2.05, 4.69) is 4.99 Å². The van der Waals surface area contributed by atoms with Gasteiger partial charge in [-0.1, -0.05) is 11.8 Å². The Morgan fingerprint density at radius 3 is 3.00 bits per heavy atom. The maximum atomic E-state index is 10.3. The molecule has 0 bridgehead atoms. The SMILES string of the molecule is O=C(O)C1SC=NCS1. The molecule has 0 aromatic rings. The van der Waals surface area contributed by atoms with Crippen molar-refractivity contribution in [1.82, 2.24) is 0 Å². The molecule has 0 amide bonds. The molecule has 0 fully saturated rings. The second-order valence-corrected chi connectivity index (χ2v) is 3.71. The van der Waals surface area contributed by atoms with Crippen molar-refractivity contribution in [3.8, 4) is 0 Å². The molecule has 50 valence electrons. The van der Waals surface area contributed by atoms with Crippen molar-refractivity contribution < 1.29 is 9.90 Å². The van der Waals surface area contributed by atoms with Crippen LogP contribution in [-0.2, 0) is 4.79 Å². The Bertz CT molecular complexity index is 148. The summed E-state index contributed by atoms with van der Waals surface area (Å²) in [6.45, 7) is 0. The summed E-state index contributed by atoms with van der Waals surface area (Å²) in [6.07, 6.45) is 0. The minimum atomic E-state index is -0.767. The van der Waals surface area contributed by atoms with Crippen molar-refractivity contribution in [1.29, 1.82) is 0 Å². The lowest BCUT2D eigenvalue weighted by Gasteiger charge is -2.09. The third-order valence-corrected chi connectivity index (χ3v) is 3.02. The molecule has 1 unspecified atom stereocenters. The van der Waals surface area contributed by atoms with Crippen LogP contribution in [0.2, 0.25) is 0 Å². The van der Waals surface area contributed by atoms with Gasteiger partial charge in [0.25, 0.3) is 0 Å². The van der Waals surface area contributed by atoms with E-state index in [0.717, 1.165) is 0 Å². The number of nitrogens with zero attached hydrogens (tertiary/aromatic N) is 1. The number of carboxylic acid groups (broad SMARTS) is 1. The van der Waals surface area contributed by atoms with E-state index in [9.17, 15) is 4.79 Å². The molecule has 0 aliphatic carbocycles. The van der Waals surface area contributed by atoms with Crippen LogP contribution in [-0.4, -0.2) is 27.1 Å². The fraction of sp³-hybridized carbons (Fsp3) is 0.500. The van der Waals surface area contributed by atoms with Gasteiger partial charge in [0.05, 0.1) is 11.4 Å². The van der Waals surface area contributed by atoms with Gasteiger partial charge in [0, 0.05) is 0 Å². The molecule has 0 aromatic carbocycles. The van der Waals surface area contributed by atoms with Gasteiger partial charge >= 0.3 is 5.97 Å². The largest absolute Gasteiger partial charge is 0.480 e. The molecule has 0 radical (unpaired) electrons. The first kappa shape index (κ1) is 6.95. The molecule has 1 heterocycles. The minimum Gasteiger partial charge on any atom is -0.480 e. The van der Waals surface area contributed by atoms with Gasteiger partial charge in [-0.3, -0.25) is 9.79 Å². The predicted molar refractivity (Wildman–Crippen MR) is 40.0 cm³/mol. The van der Waals surface area contributed by atoms with E-state index in [-0.39, 0.29) is 4.58 Å². The van der Waals surface area contributed by atoms with Crippen LogP contribution < -0.4 is 0 Å². The molecule has 0 saturated heterocycles. The maximum Gasteiger partial charge on any atom is 0.327 e. The number of carbonyl (C=O) groups is 1. The van der Waals surface area contributed by atoms with Gasteiger partial charge in [0.2, 0.25) is 0 Å². The van der Waals surface area contributed by atoms with Crippen LogP contribution in [0.25, 0.3) is 0 Å². The van der Waals surface area contributed by atoms with E-state index in [1.807, 2.05) is 0 Å². The van der Waals surface area contributed by atoms with Crippen molar-refractivity contribution in [3.63, 3.8) is 0 Å². The average molecular weight is 163 g/mol. The van der Waals surface area contributed by atoms with Gasteiger partial charge in [0.1, 0.15) is 0 Å². The van der Waals surface area contributed by atoms with Crippen molar-refractivity contribution >= 4 is 35.0 Å². The molecule has 5 heteroatoms. The van der Waals surface area contributed by atoms with Gasteiger partial charge in [0.15, 0.2) is 4.58 Å². The summed E-state index contributed by atoms with van der Waals surface area (Å²) in [7, 11) is 0. The second-order valence-electron chi connectivity index (χ2n) is 1.39. The van der Waals surface area contributed by atoms with Crippen LogP contribution in [0.1, 0.15) is 0 Å². The monoisotopic (exact) mass is 163 g/mol. The molecule has 0 saturated carbocycles. The lowest BCUT2D eigenvalue weighted by molar-refractivity contribution is -0.134. The first-order chi connectivity index (χ1) is 4.30. The highest BCUT2D eigenvalue weighted by Crippen LogP contribution is 2.25. The summed E-state index contributed by atoms with van der Waals surface area (Å²) < 4.78 is -0.345. The van der Waals surface area contributed by atoms with Gasteiger partial charge in [-0.2, -0.15) is 0 Å². The molecule has 3 nitrogen and oxygen atoms in total. The van der Waals surface area contributed by atoms with Crippen LogP contribution in [0.3, 0.4) is 0 Å². The Kier molecular flexibility index (Phi) is 2.41. The zero-order chi connectivity index (χ0) is 6.69. The molecule has 1 rings (SSSR count). The van der Waals surface area contributed by atoms with Crippen LogP contribution >= 0.6 is 23.5 Å². The molecular weight excluding hydrogens is 158 g/mol. The molecule has 1 N–H and O–H groups in total.